The lowest BCUT2D eigenvalue weighted by molar-refractivity contribution is 0.262. The molecule has 0 aliphatic carbocycles. The first kappa shape index (κ1) is 18.0. The first-order valence-corrected chi connectivity index (χ1v) is 9.42. The molecule has 4 aromatic rings. The highest BCUT2D eigenvalue weighted by molar-refractivity contribution is 9.10. The van der Waals surface area contributed by atoms with E-state index < -0.39 is 0 Å². The minimum absolute atomic E-state index is 0.308. The van der Waals surface area contributed by atoms with Gasteiger partial charge in [0, 0.05) is 27.0 Å². The van der Waals surface area contributed by atoms with Crippen LogP contribution >= 0.6 is 15.9 Å². The highest BCUT2D eigenvalue weighted by Crippen LogP contribution is 2.25. The predicted molar refractivity (Wildman–Crippen MR) is 114 cm³/mol. The van der Waals surface area contributed by atoms with Crippen molar-refractivity contribution in [3.8, 4) is 22.7 Å². The van der Waals surface area contributed by atoms with E-state index in [0.29, 0.717) is 17.3 Å². The molecule has 5 nitrogen and oxygen atoms in total. The minimum Gasteiger partial charge on any atom is -0.444 e. The van der Waals surface area contributed by atoms with Crippen molar-refractivity contribution < 1.29 is 9.21 Å². The molecule has 2 amide bonds. The second-order valence-electron chi connectivity index (χ2n) is 6.07. The number of nitrogens with one attached hydrogen (secondary N) is 2. The van der Waals surface area contributed by atoms with Crippen LogP contribution in [0, 0.1) is 0 Å². The lowest BCUT2D eigenvalue weighted by Crippen LogP contribution is -2.19. The number of carbonyl (C=O) groups is 1. The fourth-order valence-electron chi connectivity index (χ4n) is 2.67. The summed E-state index contributed by atoms with van der Waals surface area (Å²) in [7, 11) is 0. The fraction of sp³-hybridized carbons (Fsp3) is 0. The van der Waals surface area contributed by atoms with Gasteiger partial charge in [0.1, 0.15) is 12.0 Å². The number of aromatic nitrogens is 1. The van der Waals surface area contributed by atoms with E-state index in [-0.39, 0.29) is 6.03 Å². The number of anilines is 2. The van der Waals surface area contributed by atoms with Crippen LogP contribution in [0.5, 0.6) is 0 Å². The van der Waals surface area contributed by atoms with Crippen LogP contribution in [0.1, 0.15) is 0 Å². The Kier molecular flexibility index (Phi) is 5.21. The molecule has 0 bridgehead atoms. The van der Waals surface area contributed by atoms with Crippen molar-refractivity contribution in [2.24, 2.45) is 0 Å². The minimum atomic E-state index is -0.308. The number of hydrogen-bond acceptors (Lipinski definition) is 3. The van der Waals surface area contributed by atoms with Crippen molar-refractivity contribution in [1.29, 1.82) is 0 Å². The monoisotopic (exact) mass is 433 g/mol. The molecule has 0 saturated carbocycles. The number of urea groups is 1. The van der Waals surface area contributed by atoms with Crippen LogP contribution in [0.4, 0.5) is 16.2 Å². The summed E-state index contributed by atoms with van der Waals surface area (Å²) in [6.07, 6.45) is 1.64. The lowest BCUT2D eigenvalue weighted by Gasteiger charge is -2.08. The number of benzene rings is 3. The first-order chi connectivity index (χ1) is 13.7. The Balaban J connectivity index is 1.42. The van der Waals surface area contributed by atoms with Crippen LogP contribution in [0.25, 0.3) is 22.7 Å². The molecule has 2 N–H and O–H groups in total. The SMILES string of the molecule is O=C(Nc1ccc(Br)cc1)Nc1ccc(-c2nc(-c3ccccc3)co2)cc1. The molecular formula is C22H16BrN3O2. The van der Waals surface area contributed by atoms with Crippen LogP contribution in [0.15, 0.2) is 94.0 Å². The summed E-state index contributed by atoms with van der Waals surface area (Å²) in [5.74, 6) is 0.532. The number of oxazole rings is 1. The van der Waals surface area contributed by atoms with E-state index in [1.807, 2.05) is 78.9 Å². The first-order valence-electron chi connectivity index (χ1n) is 8.62. The maximum atomic E-state index is 12.1. The average Bonchev–Trinajstić information content (AvgIpc) is 3.21. The van der Waals surface area contributed by atoms with E-state index in [2.05, 4.69) is 31.5 Å². The van der Waals surface area contributed by atoms with Crippen molar-refractivity contribution in [2.75, 3.05) is 10.6 Å². The Morgan fingerprint density at radius 1 is 0.786 bits per heavy atom. The molecule has 0 aliphatic rings. The van der Waals surface area contributed by atoms with Gasteiger partial charge in [-0.05, 0) is 48.5 Å². The van der Waals surface area contributed by atoms with Gasteiger partial charge in [-0.2, -0.15) is 0 Å². The Bertz CT molecular complexity index is 1070. The number of nitrogens with zero attached hydrogens (tertiary/aromatic N) is 1. The molecule has 0 saturated heterocycles. The number of halogens is 1. The predicted octanol–water partition coefficient (Wildman–Crippen LogP) is 6.42. The Morgan fingerprint density at radius 3 is 2.04 bits per heavy atom. The highest BCUT2D eigenvalue weighted by Gasteiger charge is 2.09. The maximum absolute atomic E-state index is 12.1. The Hall–Kier alpha value is -3.38. The van der Waals surface area contributed by atoms with Crippen molar-refractivity contribution in [3.05, 3.63) is 89.6 Å². The molecule has 0 aliphatic heterocycles. The molecular weight excluding hydrogens is 418 g/mol. The van der Waals surface area contributed by atoms with Gasteiger partial charge in [-0.3, -0.25) is 0 Å². The van der Waals surface area contributed by atoms with Crippen LogP contribution in [-0.4, -0.2) is 11.0 Å². The van der Waals surface area contributed by atoms with E-state index in [4.69, 9.17) is 4.42 Å². The number of rotatable bonds is 4. The van der Waals surface area contributed by atoms with Crippen molar-refractivity contribution in [2.45, 2.75) is 0 Å². The molecule has 1 aromatic heterocycles. The van der Waals surface area contributed by atoms with Gasteiger partial charge >= 0.3 is 6.03 Å². The van der Waals surface area contributed by atoms with E-state index in [0.717, 1.165) is 21.3 Å². The molecule has 0 unspecified atom stereocenters. The molecule has 0 atom stereocenters. The van der Waals surface area contributed by atoms with Gasteiger partial charge in [0.05, 0.1) is 0 Å². The molecule has 0 radical (unpaired) electrons. The third kappa shape index (κ3) is 4.29. The summed E-state index contributed by atoms with van der Waals surface area (Å²) in [6.45, 7) is 0. The van der Waals surface area contributed by atoms with Gasteiger partial charge in [0.25, 0.3) is 0 Å². The number of amides is 2. The molecule has 6 heteroatoms. The summed E-state index contributed by atoms with van der Waals surface area (Å²) in [6, 6.07) is 24.2. The van der Waals surface area contributed by atoms with E-state index in [1.54, 1.807) is 6.26 Å². The van der Waals surface area contributed by atoms with Gasteiger partial charge in [-0.1, -0.05) is 46.3 Å². The Morgan fingerprint density at radius 2 is 1.39 bits per heavy atom. The Labute approximate surface area is 170 Å². The molecule has 4 rings (SSSR count). The molecule has 3 aromatic carbocycles. The smallest absolute Gasteiger partial charge is 0.323 e. The fourth-order valence-corrected chi connectivity index (χ4v) is 2.93. The van der Waals surface area contributed by atoms with Crippen LogP contribution in [0.2, 0.25) is 0 Å². The largest absolute Gasteiger partial charge is 0.444 e. The summed E-state index contributed by atoms with van der Waals surface area (Å²) < 4.78 is 6.55. The van der Waals surface area contributed by atoms with Crippen molar-refractivity contribution in [1.82, 2.24) is 4.98 Å². The summed E-state index contributed by atoms with van der Waals surface area (Å²) in [5.41, 5.74) is 4.01. The van der Waals surface area contributed by atoms with Crippen LogP contribution in [-0.2, 0) is 0 Å². The van der Waals surface area contributed by atoms with E-state index >= 15 is 0 Å². The van der Waals surface area contributed by atoms with Crippen molar-refractivity contribution in [3.63, 3.8) is 0 Å². The van der Waals surface area contributed by atoms with Gasteiger partial charge in [0.2, 0.25) is 5.89 Å². The molecule has 138 valence electrons. The number of carbonyl (C=O) groups excluding carboxylic acids is 1. The topological polar surface area (TPSA) is 67.2 Å². The second-order valence-corrected chi connectivity index (χ2v) is 6.98. The zero-order valence-corrected chi connectivity index (χ0v) is 16.3. The molecule has 0 fully saturated rings. The third-order valence-electron chi connectivity index (χ3n) is 4.07. The zero-order valence-electron chi connectivity index (χ0n) is 14.7. The summed E-state index contributed by atoms with van der Waals surface area (Å²) in [5, 5.41) is 5.59. The lowest BCUT2D eigenvalue weighted by atomic mass is 10.2. The molecule has 28 heavy (non-hydrogen) atoms. The maximum Gasteiger partial charge on any atom is 0.323 e. The van der Waals surface area contributed by atoms with E-state index in [9.17, 15) is 4.79 Å². The number of hydrogen-bond donors (Lipinski definition) is 2. The van der Waals surface area contributed by atoms with Crippen LogP contribution < -0.4 is 10.6 Å². The summed E-state index contributed by atoms with van der Waals surface area (Å²) >= 11 is 3.37. The highest BCUT2D eigenvalue weighted by atomic mass is 79.9. The zero-order chi connectivity index (χ0) is 19.3. The third-order valence-corrected chi connectivity index (χ3v) is 4.59. The van der Waals surface area contributed by atoms with Crippen molar-refractivity contribution >= 4 is 33.3 Å². The second kappa shape index (κ2) is 8.10. The van der Waals surface area contributed by atoms with Gasteiger partial charge in [-0.25, -0.2) is 9.78 Å². The van der Waals surface area contributed by atoms with E-state index in [1.165, 1.54) is 0 Å². The average molecular weight is 434 g/mol. The van der Waals surface area contributed by atoms with Gasteiger partial charge in [-0.15, -0.1) is 0 Å². The molecule has 1 heterocycles. The normalized spacial score (nSPS) is 10.5. The molecule has 0 spiro atoms. The van der Waals surface area contributed by atoms with Crippen LogP contribution in [0.3, 0.4) is 0 Å². The van der Waals surface area contributed by atoms with Gasteiger partial charge < -0.3 is 15.1 Å². The van der Waals surface area contributed by atoms with Gasteiger partial charge in [0.15, 0.2) is 0 Å². The quantitative estimate of drug-likeness (QED) is 0.390. The summed E-state index contributed by atoms with van der Waals surface area (Å²) in [4.78, 5) is 16.7. The standard InChI is InChI=1S/C22H16BrN3O2/c23-17-8-12-19(13-9-17)25-22(27)24-18-10-6-16(7-11-18)21-26-20(14-28-21)15-4-2-1-3-5-15/h1-14H,(H2,24,25,27).